The molecule has 0 aliphatic rings. The maximum atomic E-state index is 12.9. The van der Waals surface area contributed by atoms with E-state index in [0.717, 1.165) is 10.1 Å². The van der Waals surface area contributed by atoms with Crippen molar-refractivity contribution < 1.29 is 13.2 Å². The van der Waals surface area contributed by atoms with Gasteiger partial charge in [0.25, 0.3) is 11.6 Å². The zero-order valence-corrected chi connectivity index (χ0v) is 13.3. The molecule has 2 aromatic heterocycles. The Hall–Kier alpha value is -3.15. The molecule has 0 saturated heterocycles. The van der Waals surface area contributed by atoms with Gasteiger partial charge in [-0.25, -0.2) is 4.98 Å². The molecule has 0 amide bonds. The zero-order valence-electron chi connectivity index (χ0n) is 13.3. The molecule has 9 heteroatoms. The van der Waals surface area contributed by atoms with Gasteiger partial charge < -0.3 is 5.32 Å². The second-order valence-corrected chi connectivity index (χ2v) is 5.53. The van der Waals surface area contributed by atoms with Gasteiger partial charge in [-0.3, -0.25) is 0 Å². The molecule has 0 spiro atoms. The van der Waals surface area contributed by atoms with Gasteiger partial charge in [0.2, 0.25) is 0 Å². The Morgan fingerprint density at radius 3 is 2.68 bits per heavy atom. The van der Waals surface area contributed by atoms with Gasteiger partial charge >= 0.3 is 6.18 Å². The largest absolute Gasteiger partial charge is 0.453 e. The van der Waals surface area contributed by atoms with E-state index in [0.29, 0.717) is 17.1 Å². The van der Waals surface area contributed by atoms with E-state index in [1.54, 1.807) is 31.2 Å². The van der Waals surface area contributed by atoms with E-state index in [1.807, 2.05) is 13.0 Å². The Morgan fingerprint density at radius 2 is 2.00 bits per heavy atom. The fraction of sp³-hybridized carbons (Fsp3) is 0.250. The third-order valence-corrected chi connectivity index (χ3v) is 3.57. The van der Waals surface area contributed by atoms with Gasteiger partial charge in [-0.05, 0) is 31.5 Å². The number of rotatable bonds is 3. The first-order valence-corrected chi connectivity index (χ1v) is 7.36. The Labute approximate surface area is 140 Å². The van der Waals surface area contributed by atoms with Gasteiger partial charge in [-0.1, -0.05) is 12.1 Å². The number of anilines is 1. The van der Waals surface area contributed by atoms with Crippen LogP contribution in [0.1, 0.15) is 35.6 Å². The number of alkyl halides is 3. The molecule has 128 valence electrons. The van der Waals surface area contributed by atoms with Crippen molar-refractivity contribution in [1.82, 2.24) is 19.6 Å². The summed E-state index contributed by atoms with van der Waals surface area (Å²) < 4.78 is 39.6. The van der Waals surface area contributed by atoms with Crippen molar-refractivity contribution in [2.24, 2.45) is 0 Å². The molecule has 1 N–H and O–H groups in total. The fourth-order valence-corrected chi connectivity index (χ4v) is 2.39. The molecule has 0 fully saturated rings. The Balaban J connectivity index is 2.00. The van der Waals surface area contributed by atoms with Crippen LogP contribution in [0.3, 0.4) is 0 Å². The minimum atomic E-state index is -4.65. The van der Waals surface area contributed by atoms with Crippen LogP contribution in [0.4, 0.5) is 19.0 Å². The van der Waals surface area contributed by atoms with Gasteiger partial charge in [0.05, 0.1) is 11.6 Å². The first-order chi connectivity index (χ1) is 11.8. The summed E-state index contributed by atoms with van der Waals surface area (Å²) in [7, 11) is 0. The summed E-state index contributed by atoms with van der Waals surface area (Å²) in [5.74, 6) is -1.04. The van der Waals surface area contributed by atoms with Crippen LogP contribution >= 0.6 is 0 Å². The predicted molar refractivity (Wildman–Crippen MR) is 83.7 cm³/mol. The highest BCUT2D eigenvalue weighted by Gasteiger charge is 2.36. The summed E-state index contributed by atoms with van der Waals surface area (Å²) >= 11 is 0. The number of aromatic nitrogens is 4. The predicted octanol–water partition coefficient (Wildman–Crippen LogP) is 3.50. The van der Waals surface area contributed by atoms with Crippen LogP contribution in [0.2, 0.25) is 0 Å². The van der Waals surface area contributed by atoms with Crippen molar-refractivity contribution in [2.75, 3.05) is 5.32 Å². The molecule has 1 unspecified atom stereocenters. The molecule has 25 heavy (non-hydrogen) atoms. The molecular formula is C16H13F3N6. The lowest BCUT2D eigenvalue weighted by molar-refractivity contribution is -0.144. The van der Waals surface area contributed by atoms with E-state index in [9.17, 15) is 13.2 Å². The molecule has 0 saturated carbocycles. The highest BCUT2D eigenvalue weighted by molar-refractivity contribution is 5.47. The number of nitriles is 1. The van der Waals surface area contributed by atoms with Crippen LogP contribution in [-0.2, 0) is 6.18 Å². The SMILES string of the molecule is Cc1cc(NC(C)c2cccc(C#N)c2)n2nc(C(F)(F)F)nc2n1. The minimum absolute atomic E-state index is 0.132. The average Bonchev–Trinajstić information content (AvgIpc) is 2.99. The third kappa shape index (κ3) is 3.38. The number of nitrogens with zero attached hydrogens (tertiary/aromatic N) is 5. The molecule has 3 rings (SSSR count). The highest BCUT2D eigenvalue weighted by Crippen LogP contribution is 2.28. The van der Waals surface area contributed by atoms with Gasteiger partial charge in [0, 0.05) is 17.8 Å². The number of benzene rings is 1. The molecule has 2 heterocycles. The quantitative estimate of drug-likeness (QED) is 0.785. The van der Waals surface area contributed by atoms with Crippen molar-refractivity contribution in [3.63, 3.8) is 0 Å². The van der Waals surface area contributed by atoms with E-state index >= 15 is 0 Å². The summed E-state index contributed by atoms with van der Waals surface area (Å²) in [5.41, 5.74) is 1.83. The molecule has 1 atom stereocenters. The number of nitrogens with one attached hydrogen (secondary N) is 1. The molecular weight excluding hydrogens is 333 g/mol. The van der Waals surface area contributed by atoms with Crippen LogP contribution in [0.15, 0.2) is 30.3 Å². The van der Waals surface area contributed by atoms with Crippen molar-refractivity contribution >= 4 is 11.6 Å². The van der Waals surface area contributed by atoms with Gasteiger partial charge in [-0.2, -0.15) is 27.9 Å². The lowest BCUT2D eigenvalue weighted by atomic mass is 10.1. The van der Waals surface area contributed by atoms with Crippen LogP contribution in [0.5, 0.6) is 0 Å². The minimum Gasteiger partial charge on any atom is -0.363 e. The number of fused-ring (bicyclic) bond motifs is 1. The van der Waals surface area contributed by atoms with Gasteiger partial charge in [0.15, 0.2) is 0 Å². The summed E-state index contributed by atoms with van der Waals surface area (Å²) in [6.07, 6.45) is -4.65. The molecule has 0 aliphatic carbocycles. The standard InChI is InChI=1S/C16H13F3N6/c1-9-6-13(22-10(2)12-5-3-4-11(7-12)8-20)25-15(21-9)23-14(24-25)16(17,18)19/h3-7,10,22H,1-2H3. The van der Waals surface area contributed by atoms with Crippen molar-refractivity contribution in [1.29, 1.82) is 5.26 Å². The maximum absolute atomic E-state index is 12.9. The second-order valence-electron chi connectivity index (χ2n) is 5.53. The molecule has 0 radical (unpaired) electrons. The van der Waals surface area contributed by atoms with Crippen LogP contribution in [0, 0.1) is 18.3 Å². The first-order valence-electron chi connectivity index (χ1n) is 7.36. The van der Waals surface area contributed by atoms with E-state index in [-0.39, 0.29) is 11.8 Å². The second kappa shape index (κ2) is 6.05. The molecule has 3 aromatic rings. The summed E-state index contributed by atoms with van der Waals surface area (Å²) in [5, 5.41) is 15.6. The van der Waals surface area contributed by atoms with Crippen molar-refractivity contribution in [3.8, 4) is 6.07 Å². The smallest absolute Gasteiger partial charge is 0.363 e. The number of hydrogen-bond donors (Lipinski definition) is 1. The van der Waals surface area contributed by atoms with Gasteiger partial charge in [-0.15, -0.1) is 5.10 Å². The summed E-state index contributed by atoms with van der Waals surface area (Å²) in [6.45, 7) is 3.49. The fourth-order valence-electron chi connectivity index (χ4n) is 2.39. The Bertz CT molecular complexity index is 970. The van der Waals surface area contributed by atoms with Crippen molar-refractivity contribution in [2.45, 2.75) is 26.1 Å². The Morgan fingerprint density at radius 1 is 1.24 bits per heavy atom. The molecule has 1 aromatic carbocycles. The lowest BCUT2D eigenvalue weighted by Gasteiger charge is -2.16. The Kier molecular flexibility index (Phi) is 4.04. The topological polar surface area (TPSA) is 78.9 Å². The average molecular weight is 346 g/mol. The van der Waals surface area contributed by atoms with E-state index in [2.05, 4.69) is 26.5 Å². The normalized spacial score (nSPS) is 12.8. The van der Waals surface area contributed by atoms with Crippen LogP contribution in [0.25, 0.3) is 5.78 Å². The van der Waals surface area contributed by atoms with Crippen LogP contribution < -0.4 is 5.32 Å². The molecule has 0 aliphatic heterocycles. The zero-order chi connectivity index (χ0) is 18.2. The van der Waals surface area contributed by atoms with Gasteiger partial charge in [0.1, 0.15) is 5.82 Å². The first kappa shape index (κ1) is 16.7. The van der Waals surface area contributed by atoms with Crippen LogP contribution in [-0.4, -0.2) is 19.6 Å². The van der Waals surface area contributed by atoms with E-state index < -0.39 is 12.0 Å². The number of halogens is 3. The summed E-state index contributed by atoms with van der Waals surface area (Å²) in [4.78, 5) is 7.43. The summed E-state index contributed by atoms with van der Waals surface area (Å²) in [6, 6.07) is 10.3. The lowest BCUT2D eigenvalue weighted by Crippen LogP contribution is -2.12. The number of hydrogen-bond acceptors (Lipinski definition) is 5. The van der Waals surface area contributed by atoms with E-state index in [4.69, 9.17) is 5.26 Å². The molecule has 6 nitrogen and oxygen atoms in total. The van der Waals surface area contributed by atoms with E-state index in [1.165, 1.54) is 0 Å². The van der Waals surface area contributed by atoms with Crippen molar-refractivity contribution in [3.05, 3.63) is 53.0 Å². The monoisotopic (exact) mass is 346 g/mol. The molecule has 0 bridgehead atoms. The maximum Gasteiger partial charge on any atom is 0.453 e. The third-order valence-electron chi connectivity index (χ3n) is 3.57. The number of aryl methyl sites for hydroxylation is 1. The highest BCUT2D eigenvalue weighted by atomic mass is 19.4.